The van der Waals surface area contributed by atoms with Crippen LogP contribution in [0.25, 0.3) is 0 Å². The predicted octanol–water partition coefficient (Wildman–Crippen LogP) is 0.921. The first-order chi connectivity index (χ1) is 11.0. The number of nitrogens with zero attached hydrogens (tertiary/aromatic N) is 4. The van der Waals surface area contributed by atoms with Gasteiger partial charge in [-0.1, -0.05) is 0 Å². The molecule has 6 nitrogen and oxygen atoms in total. The Morgan fingerprint density at radius 3 is 2.74 bits per heavy atom. The number of rotatable bonds is 3. The van der Waals surface area contributed by atoms with Gasteiger partial charge < -0.3 is 14.8 Å². The van der Waals surface area contributed by atoms with Crippen LogP contribution in [0.2, 0.25) is 0 Å². The molecule has 0 unspecified atom stereocenters. The second-order valence-corrected chi connectivity index (χ2v) is 5.82. The van der Waals surface area contributed by atoms with Crippen LogP contribution in [0.15, 0.2) is 24.8 Å². The van der Waals surface area contributed by atoms with E-state index in [9.17, 15) is 13.6 Å². The Hall–Kier alpha value is -2.35. The quantitative estimate of drug-likeness (QED) is 0.913. The maximum absolute atomic E-state index is 13.7. The van der Waals surface area contributed by atoms with E-state index in [-0.39, 0.29) is 12.0 Å². The second kappa shape index (κ2) is 6.04. The summed E-state index contributed by atoms with van der Waals surface area (Å²) >= 11 is 0. The zero-order valence-electron chi connectivity index (χ0n) is 12.8. The Morgan fingerprint density at radius 2 is 2.09 bits per heavy atom. The number of likely N-dealkylation sites (N-methyl/N-ethyl adjacent to an activating group) is 1. The molecule has 122 valence electrons. The lowest BCUT2D eigenvalue weighted by atomic mass is 10.00. The van der Waals surface area contributed by atoms with Crippen molar-refractivity contribution in [2.75, 3.05) is 20.1 Å². The molecule has 0 bridgehead atoms. The van der Waals surface area contributed by atoms with Crippen molar-refractivity contribution in [1.29, 1.82) is 0 Å². The number of halogens is 2. The van der Waals surface area contributed by atoms with Crippen LogP contribution in [0.4, 0.5) is 8.78 Å². The maximum Gasteiger partial charge on any atom is 0.273 e. The van der Waals surface area contributed by atoms with Crippen molar-refractivity contribution >= 4 is 5.91 Å². The molecule has 8 heteroatoms. The Morgan fingerprint density at radius 1 is 1.30 bits per heavy atom. The van der Waals surface area contributed by atoms with E-state index in [1.807, 2.05) is 18.7 Å². The highest BCUT2D eigenvalue weighted by atomic mass is 19.1. The van der Waals surface area contributed by atoms with E-state index in [0.717, 1.165) is 18.4 Å². The minimum atomic E-state index is -0.967. The molecule has 3 heterocycles. The van der Waals surface area contributed by atoms with Crippen molar-refractivity contribution in [1.82, 2.24) is 24.8 Å². The Bertz CT molecular complexity index is 732. The lowest BCUT2D eigenvalue weighted by Gasteiger charge is -2.20. The summed E-state index contributed by atoms with van der Waals surface area (Å²) in [5.74, 6) is -2.38. The predicted molar refractivity (Wildman–Crippen MR) is 78.9 cm³/mol. The Balaban J connectivity index is 1.80. The van der Waals surface area contributed by atoms with Gasteiger partial charge in [-0.2, -0.15) is 0 Å². The van der Waals surface area contributed by atoms with Gasteiger partial charge in [0, 0.05) is 44.0 Å². The Kier molecular flexibility index (Phi) is 4.08. The molecule has 23 heavy (non-hydrogen) atoms. The minimum absolute atomic E-state index is 0.0416. The molecule has 2 atom stereocenters. The highest BCUT2D eigenvalue weighted by Gasteiger charge is 2.35. The van der Waals surface area contributed by atoms with Crippen molar-refractivity contribution in [3.05, 3.63) is 47.8 Å². The summed E-state index contributed by atoms with van der Waals surface area (Å²) in [6, 6.07) is 0.454. The molecular formula is C15H17F2N5O. The number of nitrogens with one attached hydrogen (secondary N) is 1. The van der Waals surface area contributed by atoms with Gasteiger partial charge in [-0.3, -0.25) is 4.79 Å². The molecule has 0 aliphatic carbocycles. The smallest absolute Gasteiger partial charge is 0.273 e. The van der Waals surface area contributed by atoms with Crippen LogP contribution in [-0.2, 0) is 7.05 Å². The summed E-state index contributed by atoms with van der Waals surface area (Å²) in [6.45, 7) is 1.38. The van der Waals surface area contributed by atoms with Crippen LogP contribution in [-0.4, -0.2) is 51.5 Å². The summed E-state index contributed by atoms with van der Waals surface area (Å²) in [5.41, 5.74) is 0.594. The molecule has 2 aromatic rings. The fraction of sp³-hybridized carbons (Fsp3) is 0.400. The molecule has 1 aliphatic rings. The van der Waals surface area contributed by atoms with E-state index in [1.54, 1.807) is 12.5 Å². The van der Waals surface area contributed by atoms with Crippen molar-refractivity contribution in [2.45, 2.75) is 12.0 Å². The van der Waals surface area contributed by atoms with Gasteiger partial charge in [0.1, 0.15) is 5.82 Å². The van der Waals surface area contributed by atoms with E-state index in [0.29, 0.717) is 12.6 Å². The van der Waals surface area contributed by atoms with E-state index < -0.39 is 23.2 Å². The molecule has 1 saturated heterocycles. The number of imidazole rings is 1. The van der Waals surface area contributed by atoms with Gasteiger partial charge in [0.2, 0.25) is 0 Å². The largest absolute Gasteiger partial charge is 0.346 e. The average molecular weight is 321 g/mol. The summed E-state index contributed by atoms with van der Waals surface area (Å²) in [5, 5.41) is 2.80. The highest BCUT2D eigenvalue weighted by molar-refractivity contribution is 5.92. The fourth-order valence-electron chi connectivity index (χ4n) is 2.99. The van der Waals surface area contributed by atoms with Crippen LogP contribution < -0.4 is 5.32 Å². The zero-order valence-corrected chi connectivity index (χ0v) is 12.8. The molecule has 1 N–H and O–H groups in total. The van der Waals surface area contributed by atoms with Crippen molar-refractivity contribution in [3.8, 4) is 0 Å². The molecule has 2 aromatic heterocycles. The van der Waals surface area contributed by atoms with Crippen molar-refractivity contribution < 1.29 is 13.6 Å². The topological polar surface area (TPSA) is 63.1 Å². The van der Waals surface area contributed by atoms with Crippen LogP contribution in [0.5, 0.6) is 0 Å². The second-order valence-electron chi connectivity index (χ2n) is 5.82. The number of aromatic nitrogens is 3. The molecule has 1 fully saturated rings. The number of carbonyl (C=O) groups is 1. The summed E-state index contributed by atoms with van der Waals surface area (Å²) < 4.78 is 28.5. The van der Waals surface area contributed by atoms with Crippen LogP contribution in [0, 0.1) is 11.6 Å². The lowest BCUT2D eigenvalue weighted by molar-refractivity contribution is 0.0925. The van der Waals surface area contributed by atoms with E-state index in [1.165, 1.54) is 0 Å². The molecular weight excluding hydrogens is 304 g/mol. The molecule has 0 spiro atoms. The maximum atomic E-state index is 13.7. The molecule has 3 rings (SSSR count). The van der Waals surface area contributed by atoms with Gasteiger partial charge in [0.05, 0.1) is 18.6 Å². The average Bonchev–Trinajstić information content (AvgIpc) is 3.04. The number of pyridine rings is 1. The van der Waals surface area contributed by atoms with E-state index in [4.69, 9.17) is 0 Å². The fourth-order valence-corrected chi connectivity index (χ4v) is 2.99. The van der Waals surface area contributed by atoms with Gasteiger partial charge in [-0.05, 0) is 7.05 Å². The number of likely N-dealkylation sites (tertiary alicyclic amines) is 1. The molecule has 0 saturated carbocycles. The summed E-state index contributed by atoms with van der Waals surface area (Å²) in [6.07, 6.45) is 4.30. The highest BCUT2D eigenvalue weighted by Crippen LogP contribution is 2.26. The monoisotopic (exact) mass is 321 g/mol. The van der Waals surface area contributed by atoms with Gasteiger partial charge >= 0.3 is 0 Å². The molecule has 0 radical (unpaired) electrons. The minimum Gasteiger partial charge on any atom is -0.346 e. The standard InChI is InChI=1S/C15H17F2N5O/c1-21-6-10(13-5-18-8-22(13)2)12(7-21)20-15(23)14-11(17)3-9(16)4-19-14/h3-5,8,10,12H,6-7H2,1-2H3,(H,20,23)/t10-,12-/m1/s1. The lowest BCUT2D eigenvalue weighted by Crippen LogP contribution is -2.40. The van der Waals surface area contributed by atoms with Crippen LogP contribution in [0.3, 0.4) is 0 Å². The first kappa shape index (κ1) is 15.5. The van der Waals surface area contributed by atoms with E-state index in [2.05, 4.69) is 20.2 Å². The van der Waals surface area contributed by atoms with Crippen LogP contribution in [0.1, 0.15) is 22.1 Å². The molecule has 1 amide bonds. The van der Waals surface area contributed by atoms with Crippen LogP contribution >= 0.6 is 0 Å². The Labute approximate surface area is 132 Å². The molecule has 1 aliphatic heterocycles. The number of hydrogen-bond acceptors (Lipinski definition) is 4. The van der Waals surface area contributed by atoms with Gasteiger partial charge in [-0.15, -0.1) is 0 Å². The van der Waals surface area contributed by atoms with Gasteiger partial charge in [0.25, 0.3) is 5.91 Å². The number of carbonyl (C=O) groups excluding carboxylic acids is 1. The SMILES string of the molecule is CN1C[C@@H](NC(=O)c2ncc(F)cc2F)[C@H](c2cncn2C)C1. The normalized spacial score (nSPS) is 21.6. The van der Waals surface area contributed by atoms with Crippen molar-refractivity contribution in [2.24, 2.45) is 7.05 Å². The third kappa shape index (κ3) is 3.07. The zero-order chi connectivity index (χ0) is 16.6. The van der Waals surface area contributed by atoms with E-state index >= 15 is 0 Å². The first-order valence-electron chi connectivity index (χ1n) is 7.22. The third-order valence-corrected chi connectivity index (χ3v) is 4.08. The van der Waals surface area contributed by atoms with Crippen molar-refractivity contribution in [3.63, 3.8) is 0 Å². The van der Waals surface area contributed by atoms with Gasteiger partial charge in [0.15, 0.2) is 11.5 Å². The summed E-state index contributed by atoms with van der Waals surface area (Å²) in [4.78, 5) is 22.0. The number of hydrogen-bond donors (Lipinski definition) is 1. The van der Waals surface area contributed by atoms with Gasteiger partial charge in [-0.25, -0.2) is 18.7 Å². The summed E-state index contributed by atoms with van der Waals surface area (Å²) in [7, 11) is 3.84. The third-order valence-electron chi connectivity index (χ3n) is 4.08. The molecule has 0 aromatic carbocycles. The number of aryl methyl sites for hydroxylation is 1. The number of amides is 1. The first-order valence-corrected chi connectivity index (χ1v) is 7.22.